The highest BCUT2D eigenvalue weighted by Crippen LogP contribution is 2.19. The van der Waals surface area contributed by atoms with E-state index in [0.29, 0.717) is 27.9 Å². The second-order valence-corrected chi connectivity index (χ2v) is 4.19. The van der Waals surface area contributed by atoms with E-state index in [-0.39, 0.29) is 12.5 Å². The summed E-state index contributed by atoms with van der Waals surface area (Å²) in [7, 11) is 0. The largest absolute Gasteiger partial charge is 0.444 e. The van der Waals surface area contributed by atoms with Gasteiger partial charge in [-0.1, -0.05) is 11.6 Å². The van der Waals surface area contributed by atoms with Crippen molar-refractivity contribution in [3.8, 4) is 0 Å². The summed E-state index contributed by atoms with van der Waals surface area (Å²) in [6.45, 7) is 2.02. The molecule has 6 heteroatoms. The number of oxazole rings is 1. The molecule has 1 heterocycles. The fourth-order valence-electron chi connectivity index (χ4n) is 1.43. The summed E-state index contributed by atoms with van der Waals surface area (Å²) in [5.74, 6) is 0.909. The van der Waals surface area contributed by atoms with Crippen molar-refractivity contribution in [1.29, 1.82) is 0 Å². The molecule has 1 amide bonds. The van der Waals surface area contributed by atoms with Crippen molar-refractivity contribution in [2.45, 2.75) is 13.5 Å². The number of benzene rings is 1. The van der Waals surface area contributed by atoms with Crippen molar-refractivity contribution < 1.29 is 9.21 Å². The topological polar surface area (TPSA) is 81.2 Å². The SMILES string of the molecule is Cc1cnc(CNC(=O)c2ccc(Cl)c(N)c2)o1. The second kappa shape index (κ2) is 5.10. The van der Waals surface area contributed by atoms with Crippen LogP contribution in [0.3, 0.4) is 0 Å². The molecule has 0 spiro atoms. The molecule has 1 aromatic heterocycles. The fraction of sp³-hybridized carbons (Fsp3) is 0.167. The van der Waals surface area contributed by atoms with Crippen LogP contribution in [0.2, 0.25) is 5.02 Å². The quantitative estimate of drug-likeness (QED) is 0.833. The van der Waals surface area contributed by atoms with Gasteiger partial charge in [0, 0.05) is 5.56 Å². The molecule has 3 N–H and O–H groups in total. The Morgan fingerprint density at radius 1 is 1.56 bits per heavy atom. The van der Waals surface area contributed by atoms with Gasteiger partial charge in [0.05, 0.1) is 23.5 Å². The van der Waals surface area contributed by atoms with Crippen LogP contribution in [0.1, 0.15) is 22.0 Å². The molecule has 1 aromatic carbocycles. The summed E-state index contributed by atoms with van der Waals surface area (Å²) in [4.78, 5) is 15.8. The monoisotopic (exact) mass is 265 g/mol. The zero-order valence-electron chi connectivity index (χ0n) is 9.74. The molecule has 0 unspecified atom stereocenters. The molecule has 2 aromatic rings. The highest BCUT2D eigenvalue weighted by atomic mass is 35.5. The second-order valence-electron chi connectivity index (χ2n) is 3.78. The Morgan fingerprint density at radius 2 is 2.33 bits per heavy atom. The average molecular weight is 266 g/mol. The number of anilines is 1. The minimum Gasteiger partial charge on any atom is -0.444 e. The van der Waals surface area contributed by atoms with Crippen molar-refractivity contribution in [3.05, 3.63) is 46.6 Å². The molecule has 0 aliphatic heterocycles. The van der Waals surface area contributed by atoms with Gasteiger partial charge in [-0.05, 0) is 25.1 Å². The summed E-state index contributed by atoms with van der Waals surface area (Å²) >= 11 is 5.78. The van der Waals surface area contributed by atoms with Crippen LogP contribution >= 0.6 is 11.6 Å². The Hall–Kier alpha value is -2.01. The number of hydrogen-bond donors (Lipinski definition) is 2. The van der Waals surface area contributed by atoms with Crippen molar-refractivity contribution >= 4 is 23.2 Å². The van der Waals surface area contributed by atoms with Crippen LogP contribution in [0, 0.1) is 6.92 Å². The lowest BCUT2D eigenvalue weighted by Gasteiger charge is -2.04. The van der Waals surface area contributed by atoms with Gasteiger partial charge in [-0.3, -0.25) is 4.79 Å². The third-order valence-electron chi connectivity index (χ3n) is 2.33. The number of nitrogen functional groups attached to an aromatic ring is 1. The van der Waals surface area contributed by atoms with E-state index >= 15 is 0 Å². The Bertz CT molecular complexity index is 580. The van der Waals surface area contributed by atoms with Gasteiger partial charge in [0.2, 0.25) is 5.89 Å². The van der Waals surface area contributed by atoms with Crippen LogP contribution in [-0.4, -0.2) is 10.9 Å². The first-order valence-corrected chi connectivity index (χ1v) is 5.68. The van der Waals surface area contributed by atoms with Gasteiger partial charge in [0.25, 0.3) is 5.91 Å². The van der Waals surface area contributed by atoms with Gasteiger partial charge in [0.15, 0.2) is 0 Å². The standard InChI is InChI=1S/C12H12ClN3O2/c1-7-5-15-11(18-7)6-16-12(17)8-2-3-9(13)10(14)4-8/h2-5H,6,14H2,1H3,(H,16,17). The molecule has 0 fully saturated rings. The number of nitrogens with one attached hydrogen (secondary N) is 1. The molecule has 0 radical (unpaired) electrons. The number of halogens is 1. The smallest absolute Gasteiger partial charge is 0.251 e. The van der Waals surface area contributed by atoms with E-state index in [0.717, 1.165) is 0 Å². The van der Waals surface area contributed by atoms with Crippen LogP contribution in [0.25, 0.3) is 0 Å². The number of rotatable bonds is 3. The van der Waals surface area contributed by atoms with E-state index in [2.05, 4.69) is 10.3 Å². The number of carbonyl (C=O) groups is 1. The Morgan fingerprint density at radius 3 is 2.94 bits per heavy atom. The van der Waals surface area contributed by atoms with Crippen molar-refractivity contribution in [3.63, 3.8) is 0 Å². The number of hydrogen-bond acceptors (Lipinski definition) is 4. The van der Waals surface area contributed by atoms with Crippen LogP contribution < -0.4 is 11.1 Å². The van der Waals surface area contributed by atoms with Gasteiger partial charge in [-0.25, -0.2) is 4.98 Å². The number of amides is 1. The Labute approximate surface area is 109 Å². The lowest BCUT2D eigenvalue weighted by atomic mass is 10.2. The zero-order chi connectivity index (χ0) is 13.1. The number of aromatic nitrogens is 1. The zero-order valence-corrected chi connectivity index (χ0v) is 10.5. The predicted octanol–water partition coefficient (Wildman–Crippen LogP) is 2.15. The molecule has 5 nitrogen and oxygen atoms in total. The van der Waals surface area contributed by atoms with Crippen molar-refractivity contribution in [2.24, 2.45) is 0 Å². The maximum Gasteiger partial charge on any atom is 0.251 e. The molecule has 18 heavy (non-hydrogen) atoms. The number of nitrogens with two attached hydrogens (primary N) is 1. The summed E-state index contributed by atoms with van der Waals surface area (Å²) in [5.41, 5.74) is 6.44. The molecule has 0 aliphatic rings. The third kappa shape index (κ3) is 2.81. The van der Waals surface area contributed by atoms with Crippen LogP contribution in [0.4, 0.5) is 5.69 Å². The maximum absolute atomic E-state index is 11.8. The third-order valence-corrected chi connectivity index (χ3v) is 2.67. The molecule has 2 rings (SSSR count). The van der Waals surface area contributed by atoms with Crippen LogP contribution in [-0.2, 0) is 6.54 Å². The van der Waals surface area contributed by atoms with Gasteiger partial charge < -0.3 is 15.5 Å². The molecule has 0 bridgehead atoms. The lowest BCUT2D eigenvalue weighted by molar-refractivity contribution is 0.0947. The van der Waals surface area contributed by atoms with E-state index in [1.807, 2.05) is 0 Å². The highest BCUT2D eigenvalue weighted by Gasteiger charge is 2.08. The summed E-state index contributed by atoms with van der Waals surface area (Å²) in [5, 5.41) is 3.11. The normalized spacial score (nSPS) is 10.3. The highest BCUT2D eigenvalue weighted by molar-refractivity contribution is 6.33. The molecule has 0 aliphatic carbocycles. The maximum atomic E-state index is 11.8. The van der Waals surface area contributed by atoms with E-state index in [1.54, 1.807) is 25.3 Å². The van der Waals surface area contributed by atoms with E-state index in [9.17, 15) is 4.79 Å². The van der Waals surface area contributed by atoms with Gasteiger partial charge >= 0.3 is 0 Å². The Kier molecular flexibility index (Phi) is 3.53. The minimum atomic E-state index is -0.255. The van der Waals surface area contributed by atoms with Crippen LogP contribution in [0.5, 0.6) is 0 Å². The minimum absolute atomic E-state index is 0.231. The molecule has 0 atom stereocenters. The first kappa shape index (κ1) is 12.4. The van der Waals surface area contributed by atoms with E-state index in [4.69, 9.17) is 21.8 Å². The molecular weight excluding hydrogens is 254 g/mol. The Balaban J connectivity index is 2.01. The molecular formula is C12H12ClN3O2. The first-order chi connectivity index (χ1) is 8.56. The van der Waals surface area contributed by atoms with Gasteiger partial charge in [0.1, 0.15) is 5.76 Å². The van der Waals surface area contributed by atoms with Crippen molar-refractivity contribution in [2.75, 3.05) is 5.73 Å². The lowest BCUT2D eigenvalue weighted by Crippen LogP contribution is -2.23. The van der Waals surface area contributed by atoms with E-state index in [1.165, 1.54) is 6.07 Å². The number of aryl methyl sites for hydroxylation is 1. The number of nitrogens with zero attached hydrogens (tertiary/aromatic N) is 1. The van der Waals surface area contributed by atoms with Gasteiger partial charge in [-0.15, -0.1) is 0 Å². The fourth-order valence-corrected chi connectivity index (χ4v) is 1.54. The molecule has 0 saturated carbocycles. The summed E-state index contributed by atoms with van der Waals surface area (Å²) in [6, 6.07) is 4.72. The average Bonchev–Trinajstić information content (AvgIpc) is 2.75. The van der Waals surface area contributed by atoms with E-state index < -0.39 is 0 Å². The summed E-state index contributed by atoms with van der Waals surface area (Å²) in [6.07, 6.45) is 1.60. The molecule has 0 saturated heterocycles. The van der Waals surface area contributed by atoms with Crippen molar-refractivity contribution in [1.82, 2.24) is 10.3 Å². The van der Waals surface area contributed by atoms with Crippen LogP contribution in [0.15, 0.2) is 28.8 Å². The molecule has 94 valence electrons. The predicted molar refractivity (Wildman–Crippen MR) is 68.3 cm³/mol. The first-order valence-electron chi connectivity index (χ1n) is 5.31. The number of carbonyl (C=O) groups excluding carboxylic acids is 1. The summed E-state index contributed by atoms with van der Waals surface area (Å²) < 4.78 is 5.24. The van der Waals surface area contributed by atoms with Gasteiger partial charge in [-0.2, -0.15) is 0 Å².